The second kappa shape index (κ2) is 6.70. The zero-order valence-corrected chi connectivity index (χ0v) is 15.6. The van der Waals surface area contributed by atoms with Gasteiger partial charge in [0.05, 0.1) is 33.9 Å². The van der Waals surface area contributed by atoms with Gasteiger partial charge in [0, 0.05) is 0 Å². The van der Waals surface area contributed by atoms with Crippen LogP contribution in [0.5, 0.6) is 0 Å². The third kappa shape index (κ3) is 3.04. The maximum atomic E-state index is 11.2. The van der Waals surface area contributed by atoms with Gasteiger partial charge in [0.15, 0.2) is 0 Å². The maximum absolute atomic E-state index is 11.2. The van der Waals surface area contributed by atoms with Crippen LogP contribution in [0.25, 0.3) is 0 Å². The maximum Gasteiger partial charge on any atom is 0.335 e. The standard InChI is InChI=1S/C22H18N4O4/c27-21(28)13-5-7-15-17(9-13)25-19(23-15)11-1-2-12(4-3-11)20-24-16-8-6-14(22(29)30)10-18(16)26-20/h1-10,19-20,23-26H,(H,27,28)(H,29,30). The first-order valence-electron chi connectivity index (χ1n) is 9.38. The van der Waals surface area contributed by atoms with Gasteiger partial charge in [-0.2, -0.15) is 0 Å². The first-order valence-corrected chi connectivity index (χ1v) is 9.38. The molecule has 0 radical (unpaired) electrons. The number of aromatic carboxylic acids is 2. The van der Waals surface area contributed by atoms with Crippen LogP contribution in [0.2, 0.25) is 0 Å². The number of fused-ring (bicyclic) bond motifs is 2. The van der Waals surface area contributed by atoms with Crippen LogP contribution in [0.1, 0.15) is 44.2 Å². The van der Waals surface area contributed by atoms with Crippen LogP contribution in [-0.4, -0.2) is 22.2 Å². The van der Waals surface area contributed by atoms with Gasteiger partial charge in [0.25, 0.3) is 0 Å². The van der Waals surface area contributed by atoms with Crippen molar-refractivity contribution in [3.8, 4) is 0 Å². The summed E-state index contributed by atoms with van der Waals surface area (Å²) in [6.45, 7) is 0. The number of carboxylic acids is 2. The number of nitrogens with one attached hydrogen (secondary N) is 4. The van der Waals surface area contributed by atoms with Crippen LogP contribution in [0.3, 0.4) is 0 Å². The smallest absolute Gasteiger partial charge is 0.335 e. The van der Waals surface area contributed by atoms with E-state index in [1.54, 1.807) is 36.4 Å². The Hall–Kier alpha value is -4.20. The van der Waals surface area contributed by atoms with Crippen molar-refractivity contribution in [1.82, 2.24) is 0 Å². The highest BCUT2D eigenvalue weighted by atomic mass is 16.4. The molecule has 0 amide bonds. The average Bonchev–Trinajstić information content (AvgIpc) is 3.36. The second-order valence-corrected chi connectivity index (χ2v) is 7.24. The number of benzene rings is 3. The first-order chi connectivity index (χ1) is 14.5. The third-order valence-electron chi connectivity index (χ3n) is 5.34. The second-order valence-electron chi connectivity index (χ2n) is 7.24. The summed E-state index contributed by atoms with van der Waals surface area (Å²) in [6.07, 6.45) is -0.309. The molecule has 30 heavy (non-hydrogen) atoms. The topological polar surface area (TPSA) is 123 Å². The SMILES string of the molecule is O=C(O)c1ccc2c(c1)NC(c1ccc(C3Nc4ccc(C(=O)O)cc4N3)cc1)N2. The number of rotatable bonds is 4. The van der Waals surface area contributed by atoms with E-state index in [9.17, 15) is 9.59 Å². The minimum absolute atomic E-state index is 0.155. The van der Waals surface area contributed by atoms with Crippen LogP contribution < -0.4 is 21.3 Å². The lowest BCUT2D eigenvalue weighted by atomic mass is 10.1. The quantitative estimate of drug-likeness (QED) is 0.385. The van der Waals surface area contributed by atoms with Gasteiger partial charge >= 0.3 is 11.9 Å². The van der Waals surface area contributed by atoms with E-state index in [0.29, 0.717) is 0 Å². The molecule has 2 atom stereocenters. The zero-order valence-electron chi connectivity index (χ0n) is 15.6. The summed E-state index contributed by atoms with van der Waals surface area (Å²) >= 11 is 0. The molecule has 8 nitrogen and oxygen atoms in total. The van der Waals surface area contributed by atoms with Crippen molar-refractivity contribution in [1.29, 1.82) is 0 Å². The summed E-state index contributed by atoms with van der Waals surface area (Å²) in [4.78, 5) is 22.3. The van der Waals surface area contributed by atoms with Gasteiger partial charge in [-0.3, -0.25) is 0 Å². The fraction of sp³-hybridized carbons (Fsp3) is 0.0909. The van der Waals surface area contributed by atoms with Crippen molar-refractivity contribution in [3.05, 3.63) is 82.9 Å². The number of hydrogen-bond acceptors (Lipinski definition) is 6. The van der Waals surface area contributed by atoms with E-state index in [4.69, 9.17) is 10.2 Å². The highest BCUT2D eigenvalue weighted by Crippen LogP contribution is 2.38. The average molecular weight is 402 g/mol. The van der Waals surface area contributed by atoms with E-state index in [-0.39, 0.29) is 23.5 Å². The van der Waals surface area contributed by atoms with Crippen LogP contribution in [0.4, 0.5) is 22.7 Å². The minimum Gasteiger partial charge on any atom is -0.478 e. The van der Waals surface area contributed by atoms with Crippen molar-refractivity contribution in [2.24, 2.45) is 0 Å². The Bertz CT molecular complexity index is 1080. The highest BCUT2D eigenvalue weighted by molar-refractivity contribution is 5.92. The van der Waals surface area contributed by atoms with E-state index >= 15 is 0 Å². The number of carbonyl (C=O) groups is 2. The van der Waals surface area contributed by atoms with Crippen molar-refractivity contribution >= 4 is 34.7 Å². The predicted molar refractivity (Wildman–Crippen MR) is 113 cm³/mol. The van der Waals surface area contributed by atoms with Crippen LogP contribution in [0, 0.1) is 0 Å². The van der Waals surface area contributed by atoms with Crippen LogP contribution in [-0.2, 0) is 0 Å². The molecule has 2 aliphatic heterocycles. The largest absolute Gasteiger partial charge is 0.478 e. The molecule has 8 heteroatoms. The van der Waals surface area contributed by atoms with E-state index < -0.39 is 11.9 Å². The Labute approximate surface area is 171 Å². The third-order valence-corrected chi connectivity index (χ3v) is 5.34. The minimum atomic E-state index is -0.958. The normalized spacial score (nSPS) is 18.3. The van der Waals surface area contributed by atoms with Crippen molar-refractivity contribution in [3.63, 3.8) is 0 Å². The molecule has 5 rings (SSSR count). The fourth-order valence-electron chi connectivity index (χ4n) is 3.75. The molecule has 0 aromatic heterocycles. The number of carboxylic acid groups (broad SMARTS) is 2. The van der Waals surface area contributed by atoms with Crippen LogP contribution in [0.15, 0.2) is 60.7 Å². The number of hydrogen-bond donors (Lipinski definition) is 6. The lowest BCUT2D eigenvalue weighted by molar-refractivity contribution is 0.0686. The van der Waals surface area contributed by atoms with Crippen LogP contribution >= 0.6 is 0 Å². The Balaban J connectivity index is 1.31. The zero-order chi connectivity index (χ0) is 20.8. The first kappa shape index (κ1) is 17.9. The van der Waals surface area contributed by atoms with Gasteiger partial charge in [0.2, 0.25) is 0 Å². The van der Waals surface area contributed by atoms with Crippen molar-refractivity contribution in [2.45, 2.75) is 12.3 Å². The molecule has 3 aromatic rings. The van der Waals surface area contributed by atoms with E-state index in [1.165, 1.54) is 0 Å². The molecule has 0 aliphatic carbocycles. The van der Waals surface area contributed by atoms with Crippen molar-refractivity contribution in [2.75, 3.05) is 21.3 Å². The predicted octanol–water partition coefficient (Wildman–Crippen LogP) is 4.16. The summed E-state index contributed by atoms with van der Waals surface area (Å²) in [5.41, 5.74) is 5.73. The lowest BCUT2D eigenvalue weighted by Gasteiger charge is -2.16. The van der Waals surface area contributed by atoms with E-state index in [2.05, 4.69) is 21.3 Å². The fourth-order valence-corrected chi connectivity index (χ4v) is 3.75. The molecule has 0 saturated carbocycles. The molecule has 3 aromatic carbocycles. The summed E-state index contributed by atoms with van der Waals surface area (Å²) in [5.74, 6) is -1.92. The molecule has 0 spiro atoms. The molecule has 0 fully saturated rings. The molecule has 2 unspecified atom stereocenters. The monoisotopic (exact) mass is 402 g/mol. The lowest BCUT2D eigenvalue weighted by Crippen LogP contribution is -2.14. The van der Waals surface area contributed by atoms with Gasteiger partial charge in [0.1, 0.15) is 12.3 Å². The highest BCUT2D eigenvalue weighted by Gasteiger charge is 2.24. The summed E-state index contributed by atoms with van der Waals surface area (Å²) in [6, 6.07) is 17.9. The van der Waals surface area contributed by atoms with Crippen molar-refractivity contribution < 1.29 is 19.8 Å². The number of anilines is 4. The summed E-state index contributed by atoms with van der Waals surface area (Å²) in [7, 11) is 0. The summed E-state index contributed by atoms with van der Waals surface area (Å²) in [5, 5.41) is 31.6. The molecule has 0 saturated heterocycles. The molecule has 2 aliphatic rings. The van der Waals surface area contributed by atoms with Gasteiger partial charge in [-0.05, 0) is 47.5 Å². The molecule has 2 heterocycles. The van der Waals surface area contributed by atoms with Gasteiger partial charge in [-0.25, -0.2) is 9.59 Å². The molecule has 0 bridgehead atoms. The van der Waals surface area contributed by atoms with Gasteiger partial charge in [-0.15, -0.1) is 0 Å². The Morgan fingerprint density at radius 3 is 1.30 bits per heavy atom. The Morgan fingerprint density at radius 1 is 0.567 bits per heavy atom. The summed E-state index contributed by atoms with van der Waals surface area (Å²) < 4.78 is 0. The van der Waals surface area contributed by atoms with Gasteiger partial charge in [-0.1, -0.05) is 24.3 Å². The molecular formula is C22H18N4O4. The Morgan fingerprint density at radius 2 is 0.933 bits per heavy atom. The van der Waals surface area contributed by atoms with E-state index in [0.717, 1.165) is 33.9 Å². The molecular weight excluding hydrogens is 384 g/mol. The van der Waals surface area contributed by atoms with E-state index in [1.807, 2.05) is 24.3 Å². The van der Waals surface area contributed by atoms with Gasteiger partial charge < -0.3 is 31.5 Å². The molecule has 150 valence electrons. The molecule has 6 N–H and O–H groups in total. The Kier molecular flexibility index (Phi) is 3.99.